The maximum absolute atomic E-state index is 14.7. The van der Waals surface area contributed by atoms with E-state index in [2.05, 4.69) is 0 Å². The number of benzene rings is 9. The van der Waals surface area contributed by atoms with Gasteiger partial charge in [-0.2, -0.15) is 0 Å². The minimum atomic E-state index is -0.292. The fraction of sp³-hybridized carbons (Fsp3) is 0.0192. The predicted octanol–water partition coefficient (Wildman–Crippen LogP) is 12.5. The zero-order valence-electron chi connectivity index (χ0n) is 32.1. The molecule has 290 valence electrons. The van der Waals surface area contributed by atoms with Crippen LogP contribution in [0, 0.1) is 0 Å². The minimum absolute atomic E-state index is 0.147. The summed E-state index contributed by atoms with van der Waals surface area (Å²) in [4.78, 5) is 42.8. The molecule has 61 heavy (non-hydrogen) atoms. The molecule has 0 saturated carbocycles. The van der Waals surface area contributed by atoms with Gasteiger partial charge in [0.2, 0.25) is 16.3 Å². The van der Waals surface area contributed by atoms with Gasteiger partial charge in [0.15, 0.2) is 22.7 Å². The summed E-state index contributed by atoms with van der Waals surface area (Å²) in [6.07, 6.45) is 0. The Hall–Kier alpha value is -8.43. The van der Waals surface area contributed by atoms with Gasteiger partial charge in [-0.1, -0.05) is 72.8 Å². The van der Waals surface area contributed by atoms with Crippen molar-refractivity contribution in [2.45, 2.75) is 0 Å². The summed E-state index contributed by atoms with van der Waals surface area (Å²) in [5.41, 5.74) is 1.52. The zero-order chi connectivity index (χ0) is 40.9. The van der Waals surface area contributed by atoms with Crippen molar-refractivity contribution in [3.05, 3.63) is 182 Å². The Balaban J connectivity index is 1.09. The second kappa shape index (κ2) is 13.0. The Morgan fingerprint density at radius 2 is 0.934 bits per heavy atom. The Morgan fingerprint density at radius 3 is 1.66 bits per heavy atom. The number of para-hydroxylation sites is 3. The molecule has 9 aromatic carbocycles. The molecule has 12 aromatic rings. The Bertz CT molecular complexity index is 4060. The van der Waals surface area contributed by atoms with Gasteiger partial charge in [0.05, 0.1) is 39.4 Å². The van der Waals surface area contributed by atoms with E-state index in [1.807, 2.05) is 60.7 Å². The fourth-order valence-electron chi connectivity index (χ4n) is 8.67. The smallest absolute Gasteiger partial charge is 0.201 e. The molecule has 0 atom stereocenters. The lowest BCUT2D eigenvalue weighted by Crippen LogP contribution is -2.05. The van der Waals surface area contributed by atoms with Gasteiger partial charge in [-0.05, 0) is 89.6 Å². The van der Waals surface area contributed by atoms with Crippen LogP contribution in [0.1, 0.15) is 0 Å². The average Bonchev–Trinajstić information content (AvgIpc) is 3.29. The number of ether oxygens (including phenoxy) is 3. The molecule has 0 aliphatic carbocycles. The second-order valence-electron chi connectivity index (χ2n) is 14.9. The molecule has 0 N–H and O–H groups in total. The second-order valence-corrected chi connectivity index (χ2v) is 14.9. The van der Waals surface area contributed by atoms with E-state index in [1.54, 1.807) is 98.1 Å². The van der Waals surface area contributed by atoms with E-state index in [-0.39, 0.29) is 44.3 Å². The SMILES string of the molecule is COc1cccc2c1cc(Oc1cccc3cc(Oc4ccc5ccc6oc7ccccc7c(=O)c6c5c4)c4oc5ccccc5c(=O)c4c13)c1oc3ccccc3c(=O)c12. The first-order valence-electron chi connectivity index (χ1n) is 19.5. The van der Waals surface area contributed by atoms with Crippen LogP contribution in [-0.2, 0) is 0 Å². The van der Waals surface area contributed by atoms with Crippen molar-refractivity contribution in [2.24, 2.45) is 0 Å². The molecule has 0 saturated heterocycles. The van der Waals surface area contributed by atoms with Crippen molar-refractivity contribution in [3.63, 3.8) is 0 Å². The van der Waals surface area contributed by atoms with Gasteiger partial charge < -0.3 is 27.5 Å². The van der Waals surface area contributed by atoms with E-state index >= 15 is 0 Å². The molecule has 0 fully saturated rings. The zero-order valence-corrected chi connectivity index (χ0v) is 32.1. The van der Waals surface area contributed by atoms with Crippen molar-refractivity contribution >= 4 is 98.1 Å². The Morgan fingerprint density at radius 1 is 0.361 bits per heavy atom. The van der Waals surface area contributed by atoms with Crippen LogP contribution in [0.3, 0.4) is 0 Å². The topological polar surface area (TPSA) is 118 Å². The van der Waals surface area contributed by atoms with Gasteiger partial charge in [0.1, 0.15) is 39.6 Å². The molecule has 0 amide bonds. The first-order chi connectivity index (χ1) is 29.9. The third-order valence-corrected chi connectivity index (χ3v) is 11.5. The molecule has 0 aliphatic rings. The summed E-state index contributed by atoms with van der Waals surface area (Å²) >= 11 is 0. The lowest BCUT2D eigenvalue weighted by Gasteiger charge is -2.16. The predicted molar refractivity (Wildman–Crippen MR) is 239 cm³/mol. The van der Waals surface area contributed by atoms with Crippen LogP contribution in [0.2, 0.25) is 0 Å². The monoisotopic (exact) mass is 796 g/mol. The number of rotatable bonds is 5. The highest BCUT2D eigenvalue weighted by molar-refractivity contribution is 6.15. The van der Waals surface area contributed by atoms with Gasteiger partial charge in [-0.25, -0.2) is 0 Å². The number of methoxy groups -OCH3 is 1. The molecule has 0 bridgehead atoms. The van der Waals surface area contributed by atoms with Gasteiger partial charge in [0.25, 0.3) is 0 Å². The largest absolute Gasteiger partial charge is 0.496 e. The molecular formula is C52H28O9. The summed E-state index contributed by atoms with van der Waals surface area (Å²) in [6.45, 7) is 0. The highest BCUT2D eigenvalue weighted by Crippen LogP contribution is 2.44. The quantitative estimate of drug-likeness (QED) is 0.124. The third kappa shape index (κ3) is 5.17. The highest BCUT2D eigenvalue weighted by atomic mass is 16.5. The molecule has 12 rings (SSSR count). The summed E-state index contributed by atoms with van der Waals surface area (Å²) < 4.78 is 38.4. The Kier molecular flexibility index (Phi) is 7.40. The van der Waals surface area contributed by atoms with Crippen LogP contribution in [-0.4, -0.2) is 7.11 Å². The molecule has 9 nitrogen and oxygen atoms in total. The van der Waals surface area contributed by atoms with Crippen LogP contribution in [0.5, 0.6) is 28.7 Å². The van der Waals surface area contributed by atoms with E-state index in [0.717, 1.165) is 5.39 Å². The third-order valence-electron chi connectivity index (χ3n) is 11.5. The lowest BCUT2D eigenvalue weighted by atomic mass is 10.0. The molecule has 0 unspecified atom stereocenters. The van der Waals surface area contributed by atoms with Gasteiger partial charge in [-0.3, -0.25) is 14.4 Å². The van der Waals surface area contributed by atoms with Crippen LogP contribution >= 0.6 is 0 Å². The van der Waals surface area contributed by atoms with Crippen molar-refractivity contribution in [1.29, 1.82) is 0 Å². The number of fused-ring (bicyclic) bond motifs is 12. The summed E-state index contributed by atoms with van der Waals surface area (Å²) in [6, 6.07) is 45.0. The molecule has 3 heterocycles. The summed E-state index contributed by atoms with van der Waals surface area (Å²) in [5, 5.41) is 6.15. The minimum Gasteiger partial charge on any atom is -0.496 e. The van der Waals surface area contributed by atoms with Gasteiger partial charge >= 0.3 is 0 Å². The van der Waals surface area contributed by atoms with E-state index in [0.29, 0.717) is 93.4 Å². The van der Waals surface area contributed by atoms with Crippen LogP contribution in [0.4, 0.5) is 0 Å². The molecule has 3 aromatic heterocycles. The van der Waals surface area contributed by atoms with E-state index in [9.17, 15) is 14.4 Å². The van der Waals surface area contributed by atoms with Crippen LogP contribution < -0.4 is 30.5 Å². The van der Waals surface area contributed by atoms with Gasteiger partial charge in [-0.15, -0.1) is 0 Å². The molecule has 0 radical (unpaired) electrons. The van der Waals surface area contributed by atoms with Crippen molar-refractivity contribution in [1.82, 2.24) is 0 Å². The Labute approximate surface area is 342 Å². The van der Waals surface area contributed by atoms with E-state index < -0.39 is 0 Å². The number of hydrogen-bond donors (Lipinski definition) is 0. The number of hydrogen-bond acceptors (Lipinski definition) is 9. The van der Waals surface area contributed by atoms with Crippen LogP contribution in [0.15, 0.2) is 179 Å². The maximum Gasteiger partial charge on any atom is 0.201 e. The molecular weight excluding hydrogens is 769 g/mol. The van der Waals surface area contributed by atoms with Crippen LogP contribution in [0.25, 0.3) is 98.1 Å². The maximum atomic E-state index is 14.7. The average molecular weight is 797 g/mol. The summed E-state index contributed by atoms with van der Waals surface area (Å²) in [5.74, 6) is 1.80. The van der Waals surface area contributed by atoms with Crippen molar-refractivity contribution in [3.8, 4) is 28.7 Å². The molecule has 0 aliphatic heterocycles. The fourth-order valence-corrected chi connectivity index (χ4v) is 8.67. The standard InChI is InChI=1S/C52H28O9/c1-56-36-18-9-14-30-35(36)26-43(51-46(30)49(54)32-12-3-6-16-38(32)60-51)59-40-19-8-10-28-24-42(52-47(44(28)40)50(55)33-13-4-7-17-39(33)61-52)57-29-22-20-27-21-23-41-45(34(27)25-29)48(53)31-11-2-5-15-37(31)58-41/h2-26H,1H3. The van der Waals surface area contributed by atoms with E-state index in [1.165, 1.54) is 0 Å². The van der Waals surface area contributed by atoms with Crippen molar-refractivity contribution in [2.75, 3.05) is 7.11 Å². The normalized spacial score (nSPS) is 11.9. The van der Waals surface area contributed by atoms with Gasteiger partial charge in [0, 0.05) is 21.5 Å². The van der Waals surface area contributed by atoms with Crippen molar-refractivity contribution < 1.29 is 27.5 Å². The van der Waals surface area contributed by atoms with E-state index in [4.69, 9.17) is 27.5 Å². The molecule has 9 heteroatoms. The molecule has 0 spiro atoms. The lowest BCUT2D eigenvalue weighted by molar-refractivity contribution is 0.419. The first kappa shape index (κ1) is 34.6. The highest BCUT2D eigenvalue weighted by Gasteiger charge is 2.23. The summed E-state index contributed by atoms with van der Waals surface area (Å²) in [7, 11) is 1.57. The first-order valence-corrected chi connectivity index (χ1v) is 19.5.